The Bertz CT molecular complexity index is 752. The van der Waals surface area contributed by atoms with Crippen LogP contribution in [0.25, 0.3) is 0 Å². The van der Waals surface area contributed by atoms with E-state index in [4.69, 9.17) is 14.2 Å². The van der Waals surface area contributed by atoms with Gasteiger partial charge in [-0.1, -0.05) is 24.3 Å². The van der Waals surface area contributed by atoms with E-state index in [0.717, 1.165) is 5.75 Å². The largest absolute Gasteiger partial charge is 0.492 e. The molecule has 0 radical (unpaired) electrons. The SMILES string of the molecule is C=CCNC(=O)COc1ccc(OCC(C)NCC(O)COc2ccccc2)cc1. The molecule has 0 aromatic heterocycles. The molecular weight excluding hydrogens is 384 g/mol. The topological polar surface area (TPSA) is 89.1 Å². The van der Waals surface area contributed by atoms with Crippen molar-refractivity contribution in [3.8, 4) is 17.2 Å². The van der Waals surface area contributed by atoms with E-state index in [1.165, 1.54) is 0 Å². The van der Waals surface area contributed by atoms with E-state index in [1.807, 2.05) is 37.3 Å². The number of carbonyl (C=O) groups excluding carboxylic acids is 1. The van der Waals surface area contributed by atoms with Crippen LogP contribution in [0.1, 0.15) is 6.92 Å². The molecule has 0 spiro atoms. The number of aliphatic hydroxyl groups is 1. The van der Waals surface area contributed by atoms with Crippen LogP contribution in [0, 0.1) is 0 Å². The van der Waals surface area contributed by atoms with Gasteiger partial charge >= 0.3 is 0 Å². The lowest BCUT2D eigenvalue weighted by molar-refractivity contribution is -0.122. The molecule has 0 saturated heterocycles. The molecule has 2 aromatic rings. The molecule has 0 heterocycles. The van der Waals surface area contributed by atoms with Crippen molar-refractivity contribution in [3.05, 3.63) is 67.3 Å². The van der Waals surface area contributed by atoms with E-state index in [1.54, 1.807) is 30.3 Å². The van der Waals surface area contributed by atoms with Crippen molar-refractivity contribution in [1.29, 1.82) is 0 Å². The Morgan fingerprint density at radius 3 is 2.27 bits per heavy atom. The highest BCUT2D eigenvalue weighted by Gasteiger charge is 2.09. The predicted octanol–water partition coefficient (Wildman–Crippen LogP) is 2.16. The molecule has 0 aliphatic carbocycles. The number of nitrogens with one attached hydrogen (secondary N) is 2. The van der Waals surface area contributed by atoms with Gasteiger partial charge in [-0.15, -0.1) is 6.58 Å². The Hall–Kier alpha value is -3.03. The highest BCUT2D eigenvalue weighted by atomic mass is 16.5. The van der Waals surface area contributed by atoms with Gasteiger partial charge in [0.05, 0.1) is 0 Å². The number of hydrogen-bond acceptors (Lipinski definition) is 6. The fourth-order valence-corrected chi connectivity index (χ4v) is 2.40. The summed E-state index contributed by atoms with van der Waals surface area (Å²) in [5.41, 5.74) is 0. The van der Waals surface area contributed by atoms with Crippen LogP contribution < -0.4 is 24.8 Å². The predicted molar refractivity (Wildman–Crippen MR) is 116 cm³/mol. The lowest BCUT2D eigenvalue weighted by Gasteiger charge is -2.18. The summed E-state index contributed by atoms with van der Waals surface area (Å²) in [6.45, 7) is 6.94. The van der Waals surface area contributed by atoms with Crippen LogP contribution in [0.5, 0.6) is 17.2 Å². The standard InChI is InChI=1S/C23H30N2O5/c1-3-13-24-23(27)17-30-22-11-9-21(10-12-22)28-15-18(2)25-14-19(26)16-29-20-7-5-4-6-8-20/h3-12,18-19,25-26H,1,13-17H2,2H3,(H,24,27). The second-order valence-corrected chi connectivity index (χ2v) is 6.75. The Kier molecular flexibility index (Phi) is 10.3. The van der Waals surface area contributed by atoms with Crippen LogP contribution in [0.4, 0.5) is 0 Å². The normalized spacial score (nSPS) is 12.5. The molecule has 2 rings (SSSR count). The number of ether oxygens (including phenoxy) is 3. The lowest BCUT2D eigenvalue weighted by atomic mass is 10.3. The van der Waals surface area contributed by atoms with Crippen LogP contribution in [-0.2, 0) is 4.79 Å². The van der Waals surface area contributed by atoms with Crippen molar-refractivity contribution in [2.75, 3.05) is 32.9 Å². The number of para-hydroxylation sites is 1. The van der Waals surface area contributed by atoms with Crippen molar-refractivity contribution in [3.63, 3.8) is 0 Å². The molecule has 7 nitrogen and oxygen atoms in total. The van der Waals surface area contributed by atoms with Gasteiger partial charge in [-0.3, -0.25) is 4.79 Å². The van der Waals surface area contributed by atoms with Gasteiger partial charge in [-0.2, -0.15) is 0 Å². The van der Waals surface area contributed by atoms with Crippen molar-refractivity contribution < 1.29 is 24.1 Å². The molecule has 0 fully saturated rings. The molecule has 162 valence electrons. The summed E-state index contributed by atoms with van der Waals surface area (Å²) in [6, 6.07) is 16.5. The van der Waals surface area contributed by atoms with Gasteiger partial charge in [0.25, 0.3) is 5.91 Å². The minimum atomic E-state index is -0.618. The minimum absolute atomic E-state index is 0.0425. The first-order valence-corrected chi connectivity index (χ1v) is 9.89. The Balaban J connectivity index is 1.61. The minimum Gasteiger partial charge on any atom is -0.492 e. The molecule has 30 heavy (non-hydrogen) atoms. The maximum Gasteiger partial charge on any atom is 0.258 e. The number of carbonyl (C=O) groups is 1. The average molecular weight is 415 g/mol. The van der Waals surface area contributed by atoms with Crippen molar-refractivity contribution in [2.45, 2.75) is 19.1 Å². The molecular formula is C23H30N2O5. The molecule has 0 saturated carbocycles. The first-order chi connectivity index (χ1) is 14.6. The second-order valence-electron chi connectivity index (χ2n) is 6.75. The fourth-order valence-electron chi connectivity index (χ4n) is 2.40. The van der Waals surface area contributed by atoms with Gasteiger partial charge in [0.1, 0.15) is 36.6 Å². The summed E-state index contributed by atoms with van der Waals surface area (Å²) >= 11 is 0. The van der Waals surface area contributed by atoms with Gasteiger partial charge in [-0.05, 0) is 43.3 Å². The number of hydrogen-bond donors (Lipinski definition) is 3. The van der Waals surface area contributed by atoms with E-state index < -0.39 is 6.10 Å². The van der Waals surface area contributed by atoms with E-state index in [0.29, 0.717) is 31.2 Å². The molecule has 2 aromatic carbocycles. The summed E-state index contributed by atoms with van der Waals surface area (Å²) in [5, 5.41) is 15.9. The van der Waals surface area contributed by atoms with Crippen molar-refractivity contribution in [1.82, 2.24) is 10.6 Å². The molecule has 0 bridgehead atoms. The van der Waals surface area contributed by atoms with Crippen LogP contribution >= 0.6 is 0 Å². The number of benzene rings is 2. The van der Waals surface area contributed by atoms with Gasteiger partial charge in [0.2, 0.25) is 0 Å². The summed E-state index contributed by atoms with van der Waals surface area (Å²) in [5.74, 6) is 1.81. The Morgan fingerprint density at radius 1 is 1.00 bits per heavy atom. The zero-order valence-corrected chi connectivity index (χ0v) is 17.3. The van der Waals surface area contributed by atoms with Crippen LogP contribution in [-0.4, -0.2) is 56.1 Å². The number of rotatable bonds is 14. The summed E-state index contributed by atoms with van der Waals surface area (Å²) < 4.78 is 16.7. The van der Waals surface area contributed by atoms with Gasteiger partial charge < -0.3 is 30.0 Å². The monoisotopic (exact) mass is 414 g/mol. The van der Waals surface area contributed by atoms with Crippen LogP contribution in [0.3, 0.4) is 0 Å². The molecule has 2 unspecified atom stereocenters. The van der Waals surface area contributed by atoms with Crippen molar-refractivity contribution in [2.24, 2.45) is 0 Å². The second kappa shape index (κ2) is 13.2. The van der Waals surface area contributed by atoms with E-state index in [9.17, 15) is 9.90 Å². The Labute approximate surface area is 177 Å². The van der Waals surface area contributed by atoms with Crippen LogP contribution in [0.15, 0.2) is 67.3 Å². The lowest BCUT2D eigenvalue weighted by Crippen LogP contribution is -2.39. The summed E-state index contributed by atoms with van der Waals surface area (Å²) in [6.07, 6.45) is 0.992. The molecule has 7 heteroatoms. The Morgan fingerprint density at radius 2 is 1.60 bits per heavy atom. The maximum absolute atomic E-state index is 11.5. The average Bonchev–Trinajstić information content (AvgIpc) is 2.78. The molecule has 0 aliphatic heterocycles. The quantitative estimate of drug-likeness (QED) is 0.411. The zero-order chi connectivity index (χ0) is 21.6. The highest BCUT2D eigenvalue weighted by molar-refractivity contribution is 5.77. The zero-order valence-electron chi connectivity index (χ0n) is 17.3. The van der Waals surface area contributed by atoms with E-state index >= 15 is 0 Å². The van der Waals surface area contributed by atoms with E-state index in [-0.39, 0.29) is 25.2 Å². The molecule has 3 N–H and O–H groups in total. The fraction of sp³-hybridized carbons (Fsp3) is 0.348. The van der Waals surface area contributed by atoms with E-state index in [2.05, 4.69) is 17.2 Å². The molecule has 1 amide bonds. The number of aliphatic hydroxyl groups excluding tert-OH is 1. The maximum atomic E-state index is 11.5. The first kappa shape index (κ1) is 23.3. The third-order valence-electron chi connectivity index (χ3n) is 4.02. The highest BCUT2D eigenvalue weighted by Crippen LogP contribution is 2.17. The number of amides is 1. The third kappa shape index (κ3) is 9.45. The summed E-state index contributed by atoms with van der Waals surface area (Å²) in [7, 11) is 0. The van der Waals surface area contributed by atoms with Crippen molar-refractivity contribution >= 4 is 5.91 Å². The molecule has 0 aliphatic rings. The van der Waals surface area contributed by atoms with Gasteiger partial charge in [-0.25, -0.2) is 0 Å². The first-order valence-electron chi connectivity index (χ1n) is 9.89. The van der Waals surface area contributed by atoms with Gasteiger partial charge in [0.15, 0.2) is 6.61 Å². The third-order valence-corrected chi connectivity index (χ3v) is 4.02. The van der Waals surface area contributed by atoms with Crippen LogP contribution in [0.2, 0.25) is 0 Å². The summed E-state index contributed by atoms with van der Waals surface area (Å²) in [4.78, 5) is 11.5. The van der Waals surface area contributed by atoms with Gasteiger partial charge in [0, 0.05) is 19.1 Å². The molecule has 2 atom stereocenters. The smallest absolute Gasteiger partial charge is 0.258 e.